The monoisotopic (exact) mass is 282 g/mol. The Balaban J connectivity index is 2.08. The van der Waals surface area contributed by atoms with Gasteiger partial charge in [0.05, 0.1) is 5.52 Å². The van der Waals surface area contributed by atoms with Gasteiger partial charge in [0.15, 0.2) is 0 Å². The third-order valence-electron chi connectivity index (χ3n) is 3.37. The molecule has 1 heterocycles. The number of benzene rings is 2. The zero-order chi connectivity index (χ0) is 13.9. The smallest absolute Gasteiger partial charge is 0.0723 e. The zero-order valence-corrected chi connectivity index (χ0v) is 12.0. The van der Waals surface area contributed by atoms with E-state index < -0.39 is 0 Å². The van der Waals surface area contributed by atoms with Crippen molar-refractivity contribution in [3.63, 3.8) is 0 Å². The zero-order valence-electron chi connectivity index (χ0n) is 11.2. The van der Waals surface area contributed by atoms with E-state index in [0.29, 0.717) is 0 Å². The maximum absolute atomic E-state index is 6.10. The van der Waals surface area contributed by atoms with Crippen LogP contribution in [-0.2, 0) is 6.42 Å². The summed E-state index contributed by atoms with van der Waals surface area (Å²) in [6, 6.07) is 16.1. The van der Waals surface area contributed by atoms with Gasteiger partial charge in [-0.3, -0.25) is 4.98 Å². The van der Waals surface area contributed by atoms with E-state index in [1.807, 2.05) is 36.5 Å². The summed E-state index contributed by atoms with van der Waals surface area (Å²) in [6.45, 7) is 2.15. The van der Waals surface area contributed by atoms with Gasteiger partial charge in [0.25, 0.3) is 0 Å². The number of anilines is 2. The Hall–Kier alpha value is -2.06. The Morgan fingerprint density at radius 3 is 2.75 bits per heavy atom. The van der Waals surface area contributed by atoms with Gasteiger partial charge in [-0.2, -0.15) is 0 Å². The van der Waals surface area contributed by atoms with Crippen LogP contribution in [0.15, 0.2) is 54.7 Å². The second-order valence-corrected chi connectivity index (χ2v) is 5.09. The predicted molar refractivity (Wildman–Crippen MR) is 85.9 cm³/mol. The lowest BCUT2D eigenvalue weighted by molar-refractivity contribution is 1.14. The van der Waals surface area contributed by atoms with E-state index in [0.717, 1.165) is 33.7 Å². The first-order chi connectivity index (χ1) is 9.78. The number of aryl methyl sites for hydroxylation is 1. The first-order valence-corrected chi connectivity index (χ1v) is 7.05. The van der Waals surface area contributed by atoms with Gasteiger partial charge in [-0.1, -0.05) is 36.7 Å². The minimum atomic E-state index is 0.720. The van der Waals surface area contributed by atoms with Gasteiger partial charge >= 0.3 is 0 Å². The van der Waals surface area contributed by atoms with Gasteiger partial charge < -0.3 is 5.32 Å². The maximum Gasteiger partial charge on any atom is 0.0723 e. The first-order valence-electron chi connectivity index (χ1n) is 6.67. The summed E-state index contributed by atoms with van der Waals surface area (Å²) in [5.74, 6) is 0. The van der Waals surface area contributed by atoms with Crippen LogP contribution in [0.4, 0.5) is 11.4 Å². The van der Waals surface area contributed by atoms with E-state index in [9.17, 15) is 0 Å². The van der Waals surface area contributed by atoms with Crippen LogP contribution in [0, 0.1) is 0 Å². The Morgan fingerprint density at radius 1 is 1.05 bits per heavy atom. The standard InChI is InChI=1S/C17H15ClN2/c1-2-12-5-3-4-6-15(12)20-17-9-10-19-16-8-7-13(18)11-14(16)17/h3-11H,2H2,1H3,(H,19,20). The topological polar surface area (TPSA) is 24.9 Å². The molecule has 0 bridgehead atoms. The molecule has 1 aromatic heterocycles. The fourth-order valence-electron chi connectivity index (χ4n) is 2.32. The van der Waals surface area contributed by atoms with Crippen LogP contribution in [0.25, 0.3) is 10.9 Å². The van der Waals surface area contributed by atoms with Crippen molar-refractivity contribution in [1.82, 2.24) is 4.98 Å². The summed E-state index contributed by atoms with van der Waals surface area (Å²) in [4.78, 5) is 4.37. The quantitative estimate of drug-likeness (QED) is 0.715. The number of fused-ring (bicyclic) bond motifs is 1. The maximum atomic E-state index is 6.10. The van der Waals surface area contributed by atoms with Crippen molar-refractivity contribution in [2.24, 2.45) is 0 Å². The molecule has 100 valence electrons. The minimum Gasteiger partial charge on any atom is -0.355 e. The molecule has 2 aromatic carbocycles. The van der Waals surface area contributed by atoms with Gasteiger partial charge in [-0.05, 0) is 42.3 Å². The van der Waals surface area contributed by atoms with Crippen molar-refractivity contribution in [1.29, 1.82) is 0 Å². The molecule has 0 atom stereocenters. The van der Waals surface area contributed by atoms with Crippen molar-refractivity contribution in [2.45, 2.75) is 13.3 Å². The summed E-state index contributed by atoms with van der Waals surface area (Å²) >= 11 is 6.10. The van der Waals surface area contributed by atoms with Crippen molar-refractivity contribution >= 4 is 33.9 Å². The molecule has 3 rings (SSSR count). The molecule has 3 heteroatoms. The van der Waals surface area contributed by atoms with E-state index in [1.165, 1.54) is 5.56 Å². The van der Waals surface area contributed by atoms with Gasteiger partial charge in [0.1, 0.15) is 0 Å². The molecule has 0 unspecified atom stereocenters. The van der Waals surface area contributed by atoms with E-state index in [2.05, 4.69) is 35.4 Å². The van der Waals surface area contributed by atoms with E-state index in [1.54, 1.807) is 0 Å². The number of rotatable bonds is 3. The molecule has 0 spiro atoms. The van der Waals surface area contributed by atoms with Crippen LogP contribution in [0.2, 0.25) is 5.02 Å². The molecule has 0 amide bonds. The summed E-state index contributed by atoms with van der Waals surface area (Å²) in [5.41, 5.74) is 4.38. The number of aromatic nitrogens is 1. The van der Waals surface area contributed by atoms with E-state index >= 15 is 0 Å². The average Bonchev–Trinajstić information content (AvgIpc) is 2.48. The van der Waals surface area contributed by atoms with Crippen molar-refractivity contribution in [2.75, 3.05) is 5.32 Å². The fourth-order valence-corrected chi connectivity index (χ4v) is 2.50. The summed E-state index contributed by atoms with van der Waals surface area (Å²) in [5, 5.41) is 5.25. The van der Waals surface area contributed by atoms with Gasteiger partial charge in [0.2, 0.25) is 0 Å². The molecule has 0 saturated heterocycles. The minimum absolute atomic E-state index is 0.720. The largest absolute Gasteiger partial charge is 0.355 e. The molecule has 0 radical (unpaired) electrons. The number of hydrogen-bond donors (Lipinski definition) is 1. The van der Waals surface area contributed by atoms with Crippen LogP contribution in [0.5, 0.6) is 0 Å². The Morgan fingerprint density at radius 2 is 1.90 bits per heavy atom. The number of nitrogens with zero attached hydrogens (tertiary/aromatic N) is 1. The second kappa shape index (κ2) is 5.51. The number of halogens is 1. The molecule has 0 aliphatic carbocycles. The predicted octanol–water partition coefficient (Wildman–Crippen LogP) is 5.19. The highest BCUT2D eigenvalue weighted by Gasteiger charge is 2.05. The molecule has 3 aromatic rings. The van der Waals surface area contributed by atoms with Gasteiger partial charge in [-0.25, -0.2) is 0 Å². The first kappa shape index (κ1) is 12.9. The van der Waals surface area contributed by atoms with Gasteiger partial charge in [-0.15, -0.1) is 0 Å². The highest BCUT2D eigenvalue weighted by atomic mass is 35.5. The highest BCUT2D eigenvalue weighted by molar-refractivity contribution is 6.31. The molecular formula is C17H15ClN2. The molecule has 0 aliphatic heterocycles. The number of para-hydroxylation sites is 1. The molecular weight excluding hydrogens is 268 g/mol. The highest BCUT2D eigenvalue weighted by Crippen LogP contribution is 2.28. The van der Waals surface area contributed by atoms with Crippen molar-refractivity contribution < 1.29 is 0 Å². The fraction of sp³-hybridized carbons (Fsp3) is 0.118. The Bertz CT molecular complexity index is 753. The normalized spacial score (nSPS) is 10.7. The number of hydrogen-bond acceptors (Lipinski definition) is 2. The number of nitrogens with one attached hydrogen (secondary N) is 1. The summed E-state index contributed by atoms with van der Waals surface area (Å²) in [7, 11) is 0. The van der Waals surface area contributed by atoms with Crippen LogP contribution < -0.4 is 5.32 Å². The third-order valence-corrected chi connectivity index (χ3v) is 3.61. The lowest BCUT2D eigenvalue weighted by Crippen LogP contribution is -1.96. The summed E-state index contributed by atoms with van der Waals surface area (Å²) in [6.07, 6.45) is 2.81. The van der Waals surface area contributed by atoms with E-state index in [4.69, 9.17) is 11.6 Å². The Labute approximate surface area is 123 Å². The SMILES string of the molecule is CCc1ccccc1Nc1ccnc2ccc(Cl)cc12. The summed E-state index contributed by atoms with van der Waals surface area (Å²) < 4.78 is 0. The molecule has 0 fully saturated rings. The van der Waals surface area contributed by atoms with Crippen LogP contribution in [0.3, 0.4) is 0 Å². The molecule has 2 nitrogen and oxygen atoms in total. The molecule has 0 aliphatic rings. The molecule has 0 saturated carbocycles. The number of pyridine rings is 1. The average molecular weight is 283 g/mol. The second-order valence-electron chi connectivity index (χ2n) is 4.66. The van der Waals surface area contributed by atoms with Gasteiger partial charge in [0, 0.05) is 28.0 Å². The van der Waals surface area contributed by atoms with E-state index in [-0.39, 0.29) is 0 Å². The van der Waals surface area contributed by atoms with Crippen LogP contribution in [0.1, 0.15) is 12.5 Å². The lowest BCUT2D eigenvalue weighted by atomic mass is 10.1. The third kappa shape index (κ3) is 2.47. The van der Waals surface area contributed by atoms with Crippen LogP contribution >= 0.6 is 11.6 Å². The Kier molecular flexibility index (Phi) is 3.57. The molecule has 1 N–H and O–H groups in total. The molecule has 20 heavy (non-hydrogen) atoms. The lowest BCUT2D eigenvalue weighted by Gasteiger charge is -2.13. The van der Waals surface area contributed by atoms with Crippen molar-refractivity contribution in [3.05, 3.63) is 65.3 Å². The van der Waals surface area contributed by atoms with Crippen LogP contribution in [-0.4, -0.2) is 4.98 Å². The van der Waals surface area contributed by atoms with Crippen molar-refractivity contribution in [3.8, 4) is 0 Å².